The van der Waals surface area contributed by atoms with Gasteiger partial charge in [0.2, 0.25) is 15.9 Å². The zero-order chi connectivity index (χ0) is 20.3. The summed E-state index contributed by atoms with van der Waals surface area (Å²) >= 11 is 0. The molecule has 0 unspecified atom stereocenters. The van der Waals surface area contributed by atoms with Crippen LogP contribution >= 0.6 is 0 Å². The number of benzene rings is 2. The largest absolute Gasteiger partial charge is 0.341 e. The third-order valence-corrected chi connectivity index (χ3v) is 6.98. The highest BCUT2D eigenvalue weighted by Crippen LogP contribution is 2.25. The molecule has 5 nitrogen and oxygen atoms in total. The summed E-state index contributed by atoms with van der Waals surface area (Å²) in [7, 11) is -1.99. The highest BCUT2D eigenvalue weighted by atomic mass is 32.2. The Morgan fingerprint density at radius 2 is 1.79 bits per heavy atom. The molecule has 1 amide bonds. The molecule has 0 radical (unpaired) electrons. The van der Waals surface area contributed by atoms with E-state index in [-0.39, 0.29) is 23.3 Å². The molecular formula is C21H25FN2O3S. The maximum atomic E-state index is 13.1. The Hall–Kier alpha value is -2.25. The monoisotopic (exact) mass is 404 g/mol. The SMILES string of the molecule is Cc1ccc(CN(C)C(=O)[C@H]2CCCN(S(=O)(=O)c3ccc(F)cc3)C2)cc1. The number of amides is 1. The molecule has 28 heavy (non-hydrogen) atoms. The molecular weight excluding hydrogens is 379 g/mol. The van der Waals surface area contributed by atoms with Crippen LogP contribution in [0.1, 0.15) is 24.0 Å². The number of hydrogen-bond acceptors (Lipinski definition) is 3. The van der Waals surface area contributed by atoms with E-state index in [1.54, 1.807) is 11.9 Å². The number of carbonyl (C=O) groups is 1. The molecule has 0 bridgehead atoms. The van der Waals surface area contributed by atoms with E-state index in [2.05, 4.69) is 0 Å². The van der Waals surface area contributed by atoms with Gasteiger partial charge in [0.1, 0.15) is 5.82 Å². The number of carbonyl (C=O) groups excluding carboxylic acids is 1. The first kappa shape index (κ1) is 20.5. The third-order valence-electron chi connectivity index (χ3n) is 5.10. The second kappa shape index (κ2) is 8.41. The molecule has 0 saturated carbocycles. The molecule has 2 aromatic carbocycles. The zero-order valence-electron chi connectivity index (χ0n) is 16.1. The first-order valence-corrected chi connectivity index (χ1v) is 10.8. The number of rotatable bonds is 5. The van der Waals surface area contributed by atoms with Crippen LogP contribution in [0.15, 0.2) is 53.4 Å². The van der Waals surface area contributed by atoms with Crippen LogP contribution in [0.25, 0.3) is 0 Å². The predicted octanol–water partition coefficient (Wildman–Crippen LogP) is 3.19. The predicted molar refractivity (Wildman–Crippen MR) is 106 cm³/mol. The molecule has 1 atom stereocenters. The number of sulfonamides is 1. The van der Waals surface area contributed by atoms with Crippen LogP contribution in [-0.4, -0.2) is 43.7 Å². The van der Waals surface area contributed by atoms with Gasteiger partial charge in [-0.1, -0.05) is 29.8 Å². The van der Waals surface area contributed by atoms with Crippen molar-refractivity contribution in [2.75, 3.05) is 20.1 Å². The summed E-state index contributed by atoms with van der Waals surface area (Å²) in [6, 6.07) is 12.8. The van der Waals surface area contributed by atoms with Gasteiger partial charge in [0.15, 0.2) is 0 Å². The van der Waals surface area contributed by atoms with Gasteiger partial charge in [-0.05, 0) is 49.6 Å². The van der Waals surface area contributed by atoms with Gasteiger partial charge in [0, 0.05) is 26.7 Å². The van der Waals surface area contributed by atoms with E-state index in [0.29, 0.717) is 25.9 Å². The Balaban J connectivity index is 1.68. The van der Waals surface area contributed by atoms with Crippen LogP contribution in [0.3, 0.4) is 0 Å². The van der Waals surface area contributed by atoms with Crippen molar-refractivity contribution >= 4 is 15.9 Å². The minimum absolute atomic E-state index is 0.0509. The van der Waals surface area contributed by atoms with Gasteiger partial charge in [-0.25, -0.2) is 12.8 Å². The molecule has 0 aromatic heterocycles. The molecule has 150 valence electrons. The Labute approximate surface area is 165 Å². The Kier molecular flexibility index (Phi) is 6.15. The van der Waals surface area contributed by atoms with E-state index in [1.807, 2.05) is 31.2 Å². The van der Waals surface area contributed by atoms with E-state index < -0.39 is 15.8 Å². The van der Waals surface area contributed by atoms with Crippen molar-refractivity contribution < 1.29 is 17.6 Å². The molecule has 0 aliphatic carbocycles. The highest BCUT2D eigenvalue weighted by molar-refractivity contribution is 7.89. The molecule has 0 N–H and O–H groups in total. The van der Waals surface area contributed by atoms with Crippen LogP contribution in [0.4, 0.5) is 4.39 Å². The van der Waals surface area contributed by atoms with Gasteiger partial charge in [-0.2, -0.15) is 4.31 Å². The number of piperidine rings is 1. The van der Waals surface area contributed by atoms with Gasteiger partial charge in [-0.3, -0.25) is 4.79 Å². The van der Waals surface area contributed by atoms with Crippen molar-refractivity contribution in [3.05, 3.63) is 65.5 Å². The minimum atomic E-state index is -3.74. The minimum Gasteiger partial charge on any atom is -0.341 e. The quantitative estimate of drug-likeness (QED) is 0.769. The Bertz CT molecular complexity index is 927. The summed E-state index contributed by atoms with van der Waals surface area (Å²) in [5, 5.41) is 0. The van der Waals surface area contributed by atoms with E-state index in [4.69, 9.17) is 0 Å². The van der Waals surface area contributed by atoms with Crippen LogP contribution in [0.2, 0.25) is 0 Å². The molecule has 1 saturated heterocycles. The molecule has 2 aromatic rings. The standard InChI is InChI=1S/C21H25FN2O3S/c1-16-5-7-17(8-6-16)14-23(2)21(25)18-4-3-13-24(15-18)28(26,27)20-11-9-19(22)10-12-20/h5-12,18H,3-4,13-15H2,1-2H3/t18-/m0/s1. The van der Waals surface area contributed by atoms with E-state index in [9.17, 15) is 17.6 Å². The smallest absolute Gasteiger partial charge is 0.243 e. The second-order valence-electron chi connectivity index (χ2n) is 7.34. The lowest BCUT2D eigenvalue weighted by atomic mass is 9.98. The number of hydrogen-bond donors (Lipinski definition) is 0. The normalized spacial score (nSPS) is 18.0. The topological polar surface area (TPSA) is 57.7 Å². The molecule has 1 aliphatic heterocycles. The molecule has 3 rings (SSSR count). The number of aryl methyl sites for hydroxylation is 1. The summed E-state index contributed by atoms with van der Waals surface area (Å²) in [5.74, 6) is -0.914. The lowest BCUT2D eigenvalue weighted by molar-refractivity contribution is -0.135. The molecule has 1 heterocycles. The number of nitrogens with zero attached hydrogens (tertiary/aromatic N) is 2. The van der Waals surface area contributed by atoms with Gasteiger partial charge in [-0.15, -0.1) is 0 Å². The molecule has 1 fully saturated rings. The van der Waals surface area contributed by atoms with Crippen LogP contribution in [0, 0.1) is 18.7 Å². The van der Waals surface area contributed by atoms with Gasteiger partial charge < -0.3 is 4.90 Å². The average Bonchev–Trinajstić information content (AvgIpc) is 2.69. The maximum Gasteiger partial charge on any atom is 0.243 e. The fraction of sp³-hybridized carbons (Fsp3) is 0.381. The highest BCUT2D eigenvalue weighted by Gasteiger charge is 2.34. The summed E-state index contributed by atoms with van der Waals surface area (Å²) in [6.45, 7) is 3.01. The maximum absolute atomic E-state index is 13.1. The lowest BCUT2D eigenvalue weighted by Gasteiger charge is -2.33. The van der Waals surface area contributed by atoms with E-state index in [0.717, 1.165) is 23.3 Å². The van der Waals surface area contributed by atoms with Crippen molar-refractivity contribution in [2.24, 2.45) is 5.92 Å². The average molecular weight is 405 g/mol. The van der Waals surface area contributed by atoms with E-state index >= 15 is 0 Å². The summed E-state index contributed by atoms with van der Waals surface area (Å²) in [4.78, 5) is 14.6. The van der Waals surface area contributed by atoms with Crippen molar-refractivity contribution in [2.45, 2.75) is 31.2 Å². The fourth-order valence-electron chi connectivity index (χ4n) is 3.47. The van der Waals surface area contributed by atoms with Gasteiger partial charge in [0.05, 0.1) is 10.8 Å². The summed E-state index contributed by atoms with van der Waals surface area (Å²) in [5.41, 5.74) is 2.19. The molecule has 0 spiro atoms. The van der Waals surface area contributed by atoms with Crippen LogP contribution in [0.5, 0.6) is 0 Å². The van der Waals surface area contributed by atoms with Crippen molar-refractivity contribution in [3.8, 4) is 0 Å². The van der Waals surface area contributed by atoms with Crippen molar-refractivity contribution in [3.63, 3.8) is 0 Å². The fourth-order valence-corrected chi connectivity index (χ4v) is 5.00. The van der Waals surface area contributed by atoms with Crippen molar-refractivity contribution in [1.82, 2.24) is 9.21 Å². The van der Waals surface area contributed by atoms with Crippen LogP contribution < -0.4 is 0 Å². The molecule has 7 heteroatoms. The second-order valence-corrected chi connectivity index (χ2v) is 9.27. The van der Waals surface area contributed by atoms with E-state index in [1.165, 1.54) is 16.4 Å². The summed E-state index contributed by atoms with van der Waals surface area (Å²) < 4.78 is 40.1. The van der Waals surface area contributed by atoms with Crippen molar-refractivity contribution in [1.29, 1.82) is 0 Å². The number of halogens is 1. The summed E-state index contributed by atoms with van der Waals surface area (Å²) in [6.07, 6.45) is 1.28. The van der Waals surface area contributed by atoms with Gasteiger partial charge in [0.25, 0.3) is 0 Å². The first-order valence-electron chi connectivity index (χ1n) is 9.33. The van der Waals surface area contributed by atoms with Gasteiger partial charge >= 0.3 is 0 Å². The first-order chi connectivity index (χ1) is 13.3. The Morgan fingerprint density at radius 1 is 1.14 bits per heavy atom. The molecule has 1 aliphatic rings. The lowest BCUT2D eigenvalue weighted by Crippen LogP contribution is -2.45. The van der Waals surface area contributed by atoms with Crippen LogP contribution in [-0.2, 0) is 21.4 Å². The zero-order valence-corrected chi connectivity index (χ0v) is 17.0. The Morgan fingerprint density at radius 3 is 2.43 bits per heavy atom. The third kappa shape index (κ3) is 4.59.